The van der Waals surface area contributed by atoms with E-state index in [4.69, 9.17) is 4.42 Å². The minimum absolute atomic E-state index is 0.0150. The third kappa shape index (κ3) is 2.56. The molecule has 0 aliphatic heterocycles. The Balaban J connectivity index is 1.82. The van der Waals surface area contributed by atoms with Crippen LogP contribution in [0.25, 0.3) is 0 Å². The van der Waals surface area contributed by atoms with Gasteiger partial charge in [0.25, 0.3) is 0 Å². The van der Waals surface area contributed by atoms with Crippen LogP contribution in [0.1, 0.15) is 30.8 Å². The van der Waals surface area contributed by atoms with Crippen molar-refractivity contribution in [3.63, 3.8) is 0 Å². The van der Waals surface area contributed by atoms with Crippen LogP contribution in [-0.2, 0) is 6.54 Å². The molecule has 1 N–H and O–H groups in total. The Morgan fingerprint density at radius 3 is 2.81 bits per heavy atom. The molecule has 0 aromatic carbocycles. The van der Waals surface area contributed by atoms with Crippen molar-refractivity contribution in [1.82, 2.24) is 10.2 Å². The highest BCUT2D eigenvalue weighted by molar-refractivity contribution is 5.74. The van der Waals surface area contributed by atoms with Crippen LogP contribution in [0.5, 0.6) is 0 Å². The SMILES string of the molecule is Cc1ccc(CN(C)C(=O)NC2CCC2)o1. The minimum atomic E-state index is -0.0150. The molecule has 0 bridgehead atoms. The first-order chi connectivity index (χ1) is 7.65. The summed E-state index contributed by atoms with van der Waals surface area (Å²) in [4.78, 5) is 13.4. The summed E-state index contributed by atoms with van der Waals surface area (Å²) >= 11 is 0. The number of nitrogens with zero attached hydrogens (tertiary/aromatic N) is 1. The Labute approximate surface area is 95.6 Å². The van der Waals surface area contributed by atoms with Crippen molar-refractivity contribution in [2.45, 2.75) is 38.8 Å². The molecule has 0 spiro atoms. The number of carbonyl (C=O) groups excluding carboxylic acids is 1. The fourth-order valence-electron chi connectivity index (χ4n) is 1.71. The average Bonchev–Trinajstić information content (AvgIpc) is 2.57. The van der Waals surface area contributed by atoms with E-state index >= 15 is 0 Å². The molecule has 0 saturated heterocycles. The Bertz CT molecular complexity index is 369. The smallest absolute Gasteiger partial charge is 0.317 e. The van der Waals surface area contributed by atoms with E-state index in [0.29, 0.717) is 12.6 Å². The lowest BCUT2D eigenvalue weighted by Gasteiger charge is -2.28. The topological polar surface area (TPSA) is 45.5 Å². The molecule has 1 aromatic heterocycles. The van der Waals surface area contributed by atoms with Crippen molar-refractivity contribution in [3.05, 3.63) is 23.7 Å². The molecule has 0 radical (unpaired) electrons. The van der Waals surface area contributed by atoms with Crippen LogP contribution in [0.15, 0.2) is 16.5 Å². The first kappa shape index (κ1) is 11.0. The van der Waals surface area contributed by atoms with Crippen LogP contribution in [0.3, 0.4) is 0 Å². The fourth-order valence-corrected chi connectivity index (χ4v) is 1.71. The predicted octanol–water partition coefficient (Wildman–Crippen LogP) is 2.28. The maximum absolute atomic E-state index is 11.7. The van der Waals surface area contributed by atoms with E-state index in [-0.39, 0.29) is 6.03 Å². The van der Waals surface area contributed by atoms with Crippen molar-refractivity contribution in [3.8, 4) is 0 Å². The van der Waals surface area contributed by atoms with Gasteiger partial charge in [-0.2, -0.15) is 0 Å². The first-order valence-corrected chi connectivity index (χ1v) is 5.72. The number of carbonyl (C=O) groups is 1. The Morgan fingerprint density at radius 2 is 2.31 bits per heavy atom. The Kier molecular flexibility index (Phi) is 3.17. The number of furan rings is 1. The highest BCUT2D eigenvalue weighted by atomic mass is 16.3. The second kappa shape index (κ2) is 4.60. The van der Waals surface area contributed by atoms with Gasteiger partial charge in [0, 0.05) is 13.1 Å². The molecule has 4 heteroatoms. The number of amides is 2. The van der Waals surface area contributed by atoms with Gasteiger partial charge in [-0.3, -0.25) is 0 Å². The van der Waals surface area contributed by atoms with Gasteiger partial charge >= 0.3 is 6.03 Å². The van der Waals surface area contributed by atoms with Crippen LogP contribution in [-0.4, -0.2) is 24.0 Å². The van der Waals surface area contributed by atoms with Crippen LogP contribution in [0, 0.1) is 6.92 Å². The zero-order chi connectivity index (χ0) is 11.5. The zero-order valence-corrected chi connectivity index (χ0v) is 9.82. The number of hydrogen-bond donors (Lipinski definition) is 1. The van der Waals surface area contributed by atoms with Crippen LogP contribution in [0.4, 0.5) is 4.79 Å². The predicted molar refractivity (Wildman–Crippen MR) is 61.1 cm³/mol. The summed E-state index contributed by atoms with van der Waals surface area (Å²) in [6.45, 7) is 2.42. The molecule has 1 aliphatic rings. The lowest BCUT2D eigenvalue weighted by Crippen LogP contribution is -2.45. The van der Waals surface area contributed by atoms with Gasteiger partial charge in [-0.1, -0.05) is 0 Å². The minimum Gasteiger partial charge on any atom is -0.464 e. The van der Waals surface area contributed by atoms with Gasteiger partial charge in [0.1, 0.15) is 11.5 Å². The quantitative estimate of drug-likeness (QED) is 0.852. The third-order valence-electron chi connectivity index (χ3n) is 2.97. The van der Waals surface area contributed by atoms with E-state index in [1.165, 1.54) is 6.42 Å². The molecule has 1 saturated carbocycles. The second-order valence-corrected chi connectivity index (χ2v) is 4.45. The molecule has 2 rings (SSSR count). The van der Waals surface area contributed by atoms with Gasteiger partial charge in [-0.05, 0) is 38.3 Å². The monoisotopic (exact) mass is 222 g/mol. The molecule has 4 nitrogen and oxygen atoms in total. The van der Waals surface area contributed by atoms with Crippen LogP contribution >= 0.6 is 0 Å². The Morgan fingerprint density at radius 1 is 1.56 bits per heavy atom. The lowest BCUT2D eigenvalue weighted by atomic mass is 9.93. The molecule has 0 atom stereocenters. The molecule has 0 unspecified atom stereocenters. The average molecular weight is 222 g/mol. The van der Waals surface area contributed by atoms with Crippen molar-refractivity contribution >= 4 is 6.03 Å². The number of nitrogens with one attached hydrogen (secondary N) is 1. The molecular formula is C12H18N2O2. The van der Waals surface area contributed by atoms with Gasteiger partial charge < -0.3 is 14.6 Å². The van der Waals surface area contributed by atoms with Gasteiger partial charge in [0.15, 0.2) is 0 Å². The van der Waals surface area contributed by atoms with Crippen molar-refractivity contribution in [1.29, 1.82) is 0 Å². The summed E-state index contributed by atoms with van der Waals surface area (Å²) in [7, 11) is 1.78. The number of urea groups is 1. The standard InChI is InChI=1S/C12H18N2O2/c1-9-6-7-11(16-9)8-14(2)12(15)13-10-4-3-5-10/h6-7,10H,3-5,8H2,1-2H3,(H,13,15). The summed E-state index contributed by atoms with van der Waals surface area (Å²) in [6, 6.07) is 4.18. The zero-order valence-electron chi connectivity index (χ0n) is 9.82. The number of rotatable bonds is 3. The summed E-state index contributed by atoms with van der Waals surface area (Å²) in [5.41, 5.74) is 0. The first-order valence-electron chi connectivity index (χ1n) is 5.72. The molecule has 88 valence electrons. The fraction of sp³-hybridized carbons (Fsp3) is 0.583. The summed E-state index contributed by atoms with van der Waals surface area (Å²) in [6.07, 6.45) is 3.45. The van der Waals surface area contributed by atoms with E-state index in [0.717, 1.165) is 24.4 Å². The largest absolute Gasteiger partial charge is 0.464 e. The molecule has 1 heterocycles. The molecular weight excluding hydrogens is 204 g/mol. The summed E-state index contributed by atoms with van der Waals surface area (Å²) in [5, 5.41) is 2.99. The molecule has 1 aromatic rings. The third-order valence-corrected chi connectivity index (χ3v) is 2.97. The molecule has 1 fully saturated rings. The van der Waals surface area contributed by atoms with E-state index in [1.807, 2.05) is 19.1 Å². The summed E-state index contributed by atoms with van der Waals surface area (Å²) < 4.78 is 5.43. The van der Waals surface area contributed by atoms with Crippen molar-refractivity contribution < 1.29 is 9.21 Å². The van der Waals surface area contributed by atoms with E-state index in [9.17, 15) is 4.79 Å². The Hall–Kier alpha value is -1.45. The van der Waals surface area contributed by atoms with Gasteiger partial charge in [-0.25, -0.2) is 4.79 Å². The van der Waals surface area contributed by atoms with E-state index in [1.54, 1.807) is 11.9 Å². The molecule has 2 amide bonds. The van der Waals surface area contributed by atoms with Crippen LogP contribution in [0.2, 0.25) is 0 Å². The summed E-state index contributed by atoms with van der Waals surface area (Å²) in [5.74, 6) is 1.70. The van der Waals surface area contributed by atoms with Gasteiger partial charge in [0.2, 0.25) is 0 Å². The van der Waals surface area contributed by atoms with Gasteiger partial charge in [0.05, 0.1) is 6.54 Å². The lowest BCUT2D eigenvalue weighted by molar-refractivity contribution is 0.191. The van der Waals surface area contributed by atoms with Crippen molar-refractivity contribution in [2.75, 3.05) is 7.05 Å². The number of aryl methyl sites for hydroxylation is 1. The van der Waals surface area contributed by atoms with Gasteiger partial charge in [-0.15, -0.1) is 0 Å². The van der Waals surface area contributed by atoms with E-state index < -0.39 is 0 Å². The molecule has 16 heavy (non-hydrogen) atoms. The highest BCUT2D eigenvalue weighted by Crippen LogP contribution is 2.18. The van der Waals surface area contributed by atoms with E-state index in [2.05, 4.69) is 5.32 Å². The number of hydrogen-bond acceptors (Lipinski definition) is 2. The van der Waals surface area contributed by atoms with Crippen LogP contribution < -0.4 is 5.32 Å². The van der Waals surface area contributed by atoms with Crippen molar-refractivity contribution in [2.24, 2.45) is 0 Å². The maximum atomic E-state index is 11.7. The highest BCUT2D eigenvalue weighted by Gasteiger charge is 2.21. The normalized spacial score (nSPS) is 15.6. The molecule has 1 aliphatic carbocycles. The second-order valence-electron chi connectivity index (χ2n) is 4.45. The maximum Gasteiger partial charge on any atom is 0.317 e.